The summed E-state index contributed by atoms with van der Waals surface area (Å²) in [7, 11) is 0. The first kappa shape index (κ1) is 18.5. The number of carbonyl (C=O) groups excluding carboxylic acids is 2. The van der Waals surface area contributed by atoms with E-state index in [4.69, 9.17) is 4.74 Å². The lowest BCUT2D eigenvalue weighted by molar-refractivity contribution is -0.125. The lowest BCUT2D eigenvalue weighted by atomic mass is 10.1. The number of hydrogen-bond donors (Lipinski definition) is 2. The van der Waals surface area contributed by atoms with Crippen molar-refractivity contribution in [3.8, 4) is 5.75 Å². The van der Waals surface area contributed by atoms with Crippen LogP contribution in [0.1, 0.15) is 22.3 Å². The Kier molecular flexibility index (Phi) is 6.17. The van der Waals surface area contributed by atoms with Gasteiger partial charge in [-0.3, -0.25) is 9.59 Å². The molecule has 132 valence electrons. The first-order chi connectivity index (χ1) is 11.8. The third-order valence-electron chi connectivity index (χ3n) is 3.75. The van der Waals surface area contributed by atoms with Gasteiger partial charge < -0.3 is 15.4 Å². The summed E-state index contributed by atoms with van der Waals surface area (Å²) < 4.78 is 5.41. The van der Waals surface area contributed by atoms with Crippen LogP contribution in [0.5, 0.6) is 5.75 Å². The summed E-state index contributed by atoms with van der Waals surface area (Å²) in [5.41, 5.74) is 5.00. The maximum absolute atomic E-state index is 12.1. The van der Waals surface area contributed by atoms with Crippen molar-refractivity contribution >= 4 is 17.5 Å². The second kappa shape index (κ2) is 8.33. The van der Waals surface area contributed by atoms with E-state index in [-0.39, 0.29) is 25.0 Å². The number of rotatable bonds is 6. The minimum Gasteiger partial charge on any atom is -0.484 e. The Labute approximate surface area is 148 Å². The van der Waals surface area contributed by atoms with Crippen molar-refractivity contribution in [1.29, 1.82) is 0 Å². The second-order valence-electron chi connectivity index (χ2n) is 6.20. The van der Waals surface area contributed by atoms with Crippen molar-refractivity contribution in [2.45, 2.75) is 27.7 Å². The van der Waals surface area contributed by atoms with Crippen LogP contribution in [0.4, 0.5) is 5.69 Å². The van der Waals surface area contributed by atoms with E-state index in [2.05, 4.69) is 10.6 Å². The second-order valence-corrected chi connectivity index (χ2v) is 6.20. The van der Waals surface area contributed by atoms with Gasteiger partial charge in [0.1, 0.15) is 5.75 Å². The lowest BCUT2D eigenvalue weighted by Gasteiger charge is -2.13. The minimum atomic E-state index is -0.339. The Morgan fingerprint density at radius 2 is 1.60 bits per heavy atom. The van der Waals surface area contributed by atoms with Crippen molar-refractivity contribution in [3.63, 3.8) is 0 Å². The van der Waals surface area contributed by atoms with E-state index in [1.807, 2.05) is 58.0 Å². The molecule has 5 heteroatoms. The fourth-order valence-corrected chi connectivity index (χ4v) is 2.64. The van der Waals surface area contributed by atoms with Crippen molar-refractivity contribution in [2.24, 2.45) is 0 Å². The molecule has 2 aromatic rings. The van der Waals surface area contributed by atoms with Gasteiger partial charge in [0.15, 0.2) is 6.61 Å². The molecule has 0 bridgehead atoms. The van der Waals surface area contributed by atoms with Crippen LogP contribution in [-0.2, 0) is 9.59 Å². The van der Waals surface area contributed by atoms with Gasteiger partial charge in [-0.1, -0.05) is 29.8 Å². The number of ether oxygens (including phenoxy) is 1. The smallest absolute Gasteiger partial charge is 0.258 e. The zero-order chi connectivity index (χ0) is 18.4. The number of benzene rings is 2. The molecule has 5 nitrogen and oxygen atoms in total. The normalized spacial score (nSPS) is 10.2. The summed E-state index contributed by atoms with van der Waals surface area (Å²) in [6.45, 7) is 7.64. The lowest BCUT2D eigenvalue weighted by Crippen LogP contribution is -2.36. The van der Waals surface area contributed by atoms with Crippen molar-refractivity contribution < 1.29 is 14.3 Å². The molecule has 0 aliphatic rings. The van der Waals surface area contributed by atoms with E-state index in [1.165, 1.54) is 0 Å². The van der Waals surface area contributed by atoms with Crippen LogP contribution in [0.2, 0.25) is 0 Å². The van der Waals surface area contributed by atoms with Gasteiger partial charge >= 0.3 is 0 Å². The first-order valence-electron chi connectivity index (χ1n) is 8.19. The topological polar surface area (TPSA) is 67.4 Å². The highest BCUT2D eigenvalue weighted by atomic mass is 16.5. The predicted molar refractivity (Wildman–Crippen MR) is 99.0 cm³/mol. The zero-order valence-corrected chi connectivity index (χ0v) is 15.1. The molecule has 25 heavy (non-hydrogen) atoms. The predicted octanol–water partition coefficient (Wildman–Crippen LogP) is 3.05. The van der Waals surface area contributed by atoms with Crippen molar-refractivity contribution in [2.75, 3.05) is 18.5 Å². The van der Waals surface area contributed by atoms with Gasteiger partial charge in [0, 0.05) is 5.69 Å². The standard InChI is InChI=1S/C20H24N2O3/c1-13-6-5-7-17(10-13)25-12-19(24)21-11-18(23)22-20-15(3)8-14(2)9-16(20)4/h5-10H,11-12H2,1-4H3,(H,21,24)(H,22,23). The summed E-state index contributed by atoms with van der Waals surface area (Å²) in [6.07, 6.45) is 0. The number of hydrogen-bond acceptors (Lipinski definition) is 3. The third-order valence-corrected chi connectivity index (χ3v) is 3.75. The van der Waals surface area contributed by atoms with Gasteiger partial charge in [-0.25, -0.2) is 0 Å². The first-order valence-corrected chi connectivity index (χ1v) is 8.19. The van der Waals surface area contributed by atoms with Gasteiger partial charge in [-0.15, -0.1) is 0 Å². The number of amides is 2. The Hall–Kier alpha value is -2.82. The SMILES string of the molecule is Cc1cccc(OCC(=O)NCC(=O)Nc2c(C)cc(C)cc2C)c1. The highest BCUT2D eigenvalue weighted by Gasteiger charge is 2.10. The van der Waals surface area contributed by atoms with Gasteiger partial charge in [0.05, 0.1) is 6.54 Å². The summed E-state index contributed by atoms with van der Waals surface area (Å²) in [4.78, 5) is 23.9. The molecule has 0 aliphatic heterocycles. The Morgan fingerprint density at radius 1 is 0.920 bits per heavy atom. The molecule has 0 fully saturated rings. The van der Waals surface area contributed by atoms with E-state index in [0.717, 1.165) is 27.9 Å². The van der Waals surface area contributed by atoms with Crippen molar-refractivity contribution in [1.82, 2.24) is 5.32 Å². The molecule has 0 aliphatic carbocycles. The number of anilines is 1. The van der Waals surface area contributed by atoms with E-state index >= 15 is 0 Å². The molecule has 0 spiro atoms. The molecule has 2 aromatic carbocycles. The highest BCUT2D eigenvalue weighted by Crippen LogP contribution is 2.21. The monoisotopic (exact) mass is 340 g/mol. The summed E-state index contributed by atoms with van der Waals surface area (Å²) in [5.74, 6) is 0.0264. The fraction of sp³-hybridized carbons (Fsp3) is 0.300. The maximum Gasteiger partial charge on any atom is 0.258 e. The van der Waals surface area contributed by atoms with Gasteiger partial charge in [-0.2, -0.15) is 0 Å². The average Bonchev–Trinajstić information content (AvgIpc) is 2.54. The Bertz CT molecular complexity index is 761. The van der Waals surface area contributed by atoms with Crippen LogP contribution in [0.3, 0.4) is 0 Å². The van der Waals surface area contributed by atoms with Crippen LogP contribution in [-0.4, -0.2) is 25.0 Å². The van der Waals surface area contributed by atoms with E-state index < -0.39 is 0 Å². The van der Waals surface area contributed by atoms with Crippen LogP contribution in [0.15, 0.2) is 36.4 Å². The molecule has 0 atom stereocenters. The Morgan fingerprint density at radius 3 is 2.24 bits per heavy atom. The van der Waals surface area contributed by atoms with Crippen LogP contribution < -0.4 is 15.4 Å². The highest BCUT2D eigenvalue weighted by molar-refractivity contribution is 5.95. The van der Waals surface area contributed by atoms with Crippen LogP contribution in [0, 0.1) is 27.7 Å². The van der Waals surface area contributed by atoms with Crippen LogP contribution in [0.25, 0.3) is 0 Å². The molecule has 0 saturated carbocycles. The molecule has 2 amide bonds. The van der Waals surface area contributed by atoms with Gasteiger partial charge in [-0.05, 0) is 56.5 Å². The average molecular weight is 340 g/mol. The van der Waals surface area contributed by atoms with Gasteiger partial charge in [0.2, 0.25) is 5.91 Å². The molecular formula is C20H24N2O3. The summed E-state index contributed by atoms with van der Waals surface area (Å²) >= 11 is 0. The Balaban J connectivity index is 1.81. The van der Waals surface area contributed by atoms with E-state index in [1.54, 1.807) is 6.07 Å². The summed E-state index contributed by atoms with van der Waals surface area (Å²) in [5, 5.41) is 5.41. The van der Waals surface area contributed by atoms with Crippen molar-refractivity contribution in [3.05, 3.63) is 58.7 Å². The molecule has 0 heterocycles. The molecule has 2 rings (SSSR count). The van der Waals surface area contributed by atoms with E-state index in [0.29, 0.717) is 5.75 Å². The summed E-state index contributed by atoms with van der Waals surface area (Å²) in [6, 6.07) is 11.5. The van der Waals surface area contributed by atoms with Crippen LogP contribution >= 0.6 is 0 Å². The number of aryl methyl sites for hydroxylation is 4. The maximum atomic E-state index is 12.1. The zero-order valence-electron chi connectivity index (χ0n) is 15.1. The molecule has 0 aromatic heterocycles. The molecule has 2 N–H and O–H groups in total. The molecule has 0 saturated heterocycles. The number of nitrogens with one attached hydrogen (secondary N) is 2. The largest absolute Gasteiger partial charge is 0.484 e. The minimum absolute atomic E-state index is 0.0945. The molecule has 0 unspecified atom stereocenters. The fourth-order valence-electron chi connectivity index (χ4n) is 2.64. The van der Waals surface area contributed by atoms with E-state index in [9.17, 15) is 9.59 Å². The molecule has 0 radical (unpaired) electrons. The quantitative estimate of drug-likeness (QED) is 0.849. The van der Waals surface area contributed by atoms with Gasteiger partial charge in [0.25, 0.3) is 5.91 Å². The number of carbonyl (C=O) groups is 2. The third kappa shape index (κ3) is 5.64. The molecular weight excluding hydrogens is 316 g/mol.